The molecule has 1 amide bonds. The minimum Gasteiger partial charge on any atom is -0.478 e. The van der Waals surface area contributed by atoms with Crippen molar-refractivity contribution in [1.82, 2.24) is 0 Å². The third-order valence-corrected chi connectivity index (χ3v) is 3.63. The van der Waals surface area contributed by atoms with Crippen LogP contribution in [0.4, 0.5) is 10.1 Å². The topological polar surface area (TPSA) is 66.4 Å². The predicted molar refractivity (Wildman–Crippen MR) is 80.5 cm³/mol. The van der Waals surface area contributed by atoms with E-state index in [1.165, 1.54) is 30.3 Å². The van der Waals surface area contributed by atoms with Crippen molar-refractivity contribution in [2.45, 2.75) is 0 Å². The number of hydrogen-bond acceptors (Lipinski definition) is 2. The maximum atomic E-state index is 13.7. The molecule has 0 saturated heterocycles. The third kappa shape index (κ3) is 3.40. The second kappa shape index (κ2) is 6.24. The van der Waals surface area contributed by atoms with Crippen LogP contribution in [0.15, 0.2) is 40.9 Å². The van der Waals surface area contributed by atoms with Crippen LogP contribution in [-0.2, 0) is 0 Å². The average Bonchev–Trinajstić information content (AvgIpc) is 2.40. The van der Waals surface area contributed by atoms with Gasteiger partial charge in [-0.05, 0) is 46.3 Å². The largest absolute Gasteiger partial charge is 0.478 e. The first kappa shape index (κ1) is 15.5. The molecular weight excluding hydrogens is 365 g/mol. The van der Waals surface area contributed by atoms with Crippen molar-refractivity contribution in [3.05, 3.63) is 62.8 Å². The van der Waals surface area contributed by atoms with Gasteiger partial charge in [0.1, 0.15) is 5.82 Å². The lowest BCUT2D eigenvalue weighted by atomic mass is 10.1. The molecule has 0 aliphatic carbocycles. The van der Waals surface area contributed by atoms with E-state index in [2.05, 4.69) is 21.2 Å². The van der Waals surface area contributed by atoms with E-state index in [1.807, 2.05) is 0 Å². The summed E-state index contributed by atoms with van der Waals surface area (Å²) in [6.07, 6.45) is 0. The Morgan fingerprint density at radius 2 is 1.95 bits per heavy atom. The average molecular weight is 373 g/mol. The molecule has 0 bridgehead atoms. The number of nitrogens with one attached hydrogen (secondary N) is 1. The highest BCUT2D eigenvalue weighted by atomic mass is 79.9. The number of amides is 1. The van der Waals surface area contributed by atoms with Crippen LogP contribution in [0.25, 0.3) is 0 Å². The highest BCUT2D eigenvalue weighted by molar-refractivity contribution is 9.10. The Morgan fingerprint density at radius 3 is 2.57 bits per heavy atom. The predicted octanol–water partition coefficient (Wildman–Crippen LogP) is 4.19. The Bertz CT molecular complexity index is 716. The smallest absolute Gasteiger partial charge is 0.337 e. The zero-order chi connectivity index (χ0) is 15.6. The van der Waals surface area contributed by atoms with Crippen molar-refractivity contribution in [1.29, 1.82) is 0 Å². The third-order valence-electron chi connectivity index (χ3n) is 2.64. The standard InChI is InChI=1S/C14H8BrClFNO3/c15-9-2-1-3-11(17)12(9)13(19)18-7-4-5-10(16)8(6-7)14(20)21/h1-6H,(H,18,19)(H,20,21). The molecule has 2 aromatic rings. The van der Waals surface area contributed by atoms with Crippen LogP contribution in [0, 0.1) is 5.82 Å². The monoisotopic (exact) mass is 371 g/mol. The van der Waals surface area contributed by atoms with E-state index in [9.17, 15) is 14.0 Å². The number of hydrogen-bond donors (Lipinski definition) is 2. The first-order valence-electron chi connectivity index (χ1n) is 5.68. The fourth-order valence-corrected chi connectivity index (χ4v) is 2.40. The van der Waals surface area contributed by atoms with E-state index < -0.39 is 17.7 Å². The summed E-state index contributed by atoms with van der Waals surface area (Å²) in [6, 6.07) is 8.13. The molecule has 2 N–H and O–H groups in total. The fraction of sp³-hybridized carbons (Fsp3) is 0. The number of rotatable bonds is 3. The molecule has 0 aromatic heterocycles. The molecular formula is C14H8BrClFNO3. The minimum atomic E-state index is -1.22. The molecule has 0 fully saturated rings. The van der Waals surface area contributed by atoms with Crippen LogP contribution in [0.1, 0.15) is 20.7 Å². The molecule has 0 heterocycles. The van der Waals surface area contributed by atoms with Gasteiger partial charge in [-0.25, -0.2) is 9.18 Å². The molecule has 0 saturated carbocycles. The van der Waals surface area contributed by atoms with Crippen LogP contribution in [0.5, 0.6) is 0 Å². The quantitative estimate of drug-likeness (QED) is 0.849. The summed E-state index contributed by atoms with van der Waals surface area (Å²) < 4.78 is 14.0. The van der Waals surface area contributed by atoms with Crippen molar-refractivity contribution in [3.8, 4) is 0 Å². The summed E-state index contributed by atoms with van der Waals surface area (Å²) in [6.45, 7) is 0. The van der Waals surface area contributed by atoms with Crippen LogP contribution in [0.3, 0.4) is 0 Å². The number of carboxylic acid groups (broad SMARTS) is 1. The molecule has 0 aliphatic rings. The Balaban J connectivity index is 2.32. The lowest BCUT2D eigenvalue weighted by Gasteiger charge is -2.09. The molecule has 0 aliphatic heterocycles. The molecule has 108 valence electrons. The summed E-state index contributed by atoms with van der Waals surface area (Å²) in [5.41, 5.74) is -0.108. The number of carbonyl (C=O) groups excluding carboxylic acids is 1. The van der Waals surface area contributed by atoms with Crippen LogP contribution < -0.4 is 5.32 Å². The highest BCUT2D eigenvalue weighted by Crippen LogP contribution is 2.24. The Hall–Kier alpha value is -1.92. The van der Waals surface area contributed by atoms with Crippen LogP contribution in [0.2, 0.25) is 5.02 Å². The molecule has 21 heavy (non-hydrogen) atoms. The van der Waals surface area contributed by atoms with Gasteiger partial charge >= 0.3 is 5.97 Å². The van der Waals surface area contributed by atoms with Crippen LogP contribution >= 0.6 is 27.5 Å². The second-order valence-electron chi connectivity index (χ2n) is 4.05. The van der Waals surface area contributed by atoms with Gasteiger partial charge in [0.25, 0.3) is 5.91 Å². The summed E-state index contributed by atoms with van der Waals surface area (Å²) in [7, 11) is 0. The lowest BCUT2D eigenvalue weighted by Crippen LogP contribution is -2.15. The maximum Gasteiger partial charge on any atom is 0.337 e. The molecule has 0 unspecified atom stereocenters. The van der Waals surface area contributed by atoms with E-state index in [0.29, 0.717) is 4.47 Å². The molecule has 0 radical (unpaired) electrons. The lowest BCUT2D eigenvalue weighted by molar-refractivity contribution is 0.0696. The normalized spacial score (nSPS) is 10.2. The van der Waals surface area contributed by atoms with E-state index in [-0.39, 0.29) is 21.8 Å². The van der Waals surface area contributed by atoms with E-state index >= 15 is 0 Å². The maximum absolute atomic E-state index is 13.7. The SMILES string of the molecule is O=C(O)c1cc(NC(=O)c2c(F)cccc2Br)ccc1Cl. The van der Waals surface area contributed by atoms with E-state index in [0.717, 1.165) is 6.07 Å². The Morgan fingerprint density at radius 1 is 1.24 bits per heavy atom. The number of aromatic carboxylic acids is 1. The first-order valence-corrected chi connectivity index (χ1v) is 6.85. The molecule has 4 nitrogen and oxygen atoms in total. The molecule has 0 atom stereocenters. The van der Waals surface area contributed by atoms with Gasteiger partial charge in [-0.15, -0.1) is 0 Å². The molecule has 7 heteroatoms. The van der Waals surface area contributed by atoms with Gasteiger partial charge in [-0.2, -0.15) is 0 Å². The second-order valence-corrected chi connectivity index (χ2v) is 5.31. The number of anilines is 1. The van der Waals surface area contributed by atoms with Crippen molar-refractivity contribution in [2.24, 2.45) is 0 Å². The van der Waals surface area contributed by atoms with Crippen molar-refractivity contribution in [2.75, 3.05) is 5.32 Å². The molecule has 0 spiro atoms. The summed E-state index contributed by atoms with van der Waals surface area (Å²) in [5, 5.41) is 11.4. The Labute approximate surface area is 132 Å². The van der Waals surface area contributed by atoms with Crippen molar-refractivity contribution >= 4 is 45.1 Å². The summed E-state index contributed by atoms with van der Waals surface area (Å²) in [5.74, 6) is -2.60. The van der Waals surface area contributed by atoms with E-state index in [1.54, 1.807) is 0 Å². The zero-order valence-corrected chi connectivity index (χ0v) is 12.7. The Kier molecular flexibility index (Phi) is 4.59. The van der Waals surface area contributed by atoms with E-state index in [4.69, 9.17) is 16.7 Å². The van der Waals surface area contributed by atoms with Gasteiger partial charge in [0.05, 0.1) is 16.1 Å². The molecule has 2 rings (SSSR count). The van der Waals surface area contributed by atoms with Gasteiger partial charge < -0.3 is 10.4 Å². The van der Waals surface area contributed by atoms with Gasteiger partial charge in [-0.1, -0.05) is 17.7 Å². The number of carboxylic acids is 1. The van der Waals surface area contributed by atoms with Gasteiger partial charge in [-0.3, -0.25) is 4.79 Å². The van der Waals surface area contributed by atoms with Crippen molar-refractivity contribution < 1.29 is 19.1 Å². The zero-order valence-electron chi connectivity index (χ0n) is 10.4. The minimum absolute atomic E-state index is 0.0487. The van der Waals surface area contributed by atoms with Gasteiger partial charge in [0.2, 0.25) is 0 Å². The number of carbonyl (C=O) groups is 2. The fourth-order valence-electron chi connectivity index (χ4n) is 1.68. The molecule has 2 aromatic carbocycles. The highest BCUT2D eigenvalue weighted by Gasteiger charge is 2.17. The summed E-state index contributed by atoms with van der Waals surface area (Å²) in [4.78, 5) is 23.0. The van der Waals surface area contributed by atoms with Crippen molar-refractivity contribution in [3.63, 3.8) is 0 Å². The van der Waals surface area contributed by atoms with Crippen LogP contribution in [-0.4, -0.2) is 17.0 Å². The first-order chi connectivity index (χ1) is 9.90. The number of benzene rings is 2. The number of halogens is 3. The van der Waals surface area contributed by atoms with Gasteiger partial charge in [0.15, 0.2) is 0 Å². The van der Waals surface area contributed by atoms with Gasteiger partial charge in [0, 0.05) is 10.2 Å². The summed E-state index contributed by atoms with van der Waals surface area (Å²) >= 11 is 8.83.